The number of fused-ring (bicyclic) bond motifs is 1. The van der Waals surface area contributed by atoms with Gasteiger partial charge in [0, 0.05) is 42.3 Å². The van der Waals surface area contributed by atoms with Crippen molar-refractivity contribution in [2.45, 2.75) is 6.92 Å². The number of hydrogen-bond acceptors (Lipinski definition) is 2. The minimum atomic E-state index is -0.895. The minimum absolute atomic E-state index is 0.362. The number of carboxylic acid groups (broad SMARTS) is 1. The first kappa shape index (κ1) is 12.4. The number of benzene rings is 1. The molecule has 0 amide bonds. The Morgan fingerprint density at radius 2 is 2.05 bits per heavy atom. The zero-order valence-corrected chi connectivity index (χ0v) is 11.3. The van der Waals surface area contributed by atoms with Crippen LogP contribution in [0.4, 0.5) is 0 Å². The molecule has 0 unspecified atom stereocenters. The highest BCUT2D eigenvalue weighted by atomic mass is 16.4. The van der Waals surface area contributed by atoms with Crippen molar-refractivity contribution in [2.75, 3.05) is 0 Å². The number of hydrogen-bond donors (Lipinski definition) is 1. The second-order valence-electron chi connectivity index (χ2n) is 4.86. The van der Waals surface area contributed by atoms with Gasteiger partial charge in [0.2, 0.25) is 0 Å². The fourth-order valence-corrected chi connectivity index (χ4v) is 2.47. The van der Waals surface area contributed by atoms with E-state index in [9.17, 15) is 9.90 Å². The Kier molecular flexibility index (Phi) is 2.79. The highest BCUT2D eigenvalue weighted by Crippen LogP contribution is 2.29. The summed E-state index contributed by atoms with van der Waals surface area (Å²) in [6, 6.07) is 7.82. The van der Waals surface area contributed by atoms with E-state index in [-0.39, 0.29) is 0 Å². The lowest BCUT2D eigenvalue weighted by atomic mass is 10.0. The predicted molar refractivity (Wildman–Crippen MR) is 77.8 cm³/mol. The summed E-state index contributed by atoms with van der Waals surface area (Å²) in [5, 5.41) is 11.5. The summed E-state index contributed by atoms with van der Waals surface area (Å²) in [7, 11) is 1.86. The molecule has 3 aromatic rings. The van der Waals surface area contributed by atoms with Gasteiger partial charge in [-0.05, 0) is 30.0 Å². The first-order valence-electron chi connectivity index (χ1n) is 6.31. The van der Waals surface area contributed by atoms with Crippen molar-refractivity contribution < 1.29 is 9.90 Å². The molecule has 0 spiro atoms. The molecule has 1 N–H and O–H groups in total. The van der Waals surface area contributed by atoms with Crippen molar-refractivity contribution in [2.24, 2.45) is 7.05 Å². The Morgan fingerprint density at radius 1 is 1.25 bits per heavy atom. The number of carbonyl (C=O) groups is 1. The summed E-state index contributed by atoms with van der Waals surface area (Å²) in [6.45, 7) is 1.82. The largest absolute Gasteiger partial charge is 0.478 e. The number of nitrogens with zero attached hydrogens (tertiary/aromatic N) is 2. The molecule has 2 heterocycles. The molecule has 0 fully saturated rings. The molecule has 4 heteroatoms. The van der Waals surface area contributed by atoms with Gasteiger partial charge in [0.05, 0.1) is 5.56 Å². The van der Waals surface area contributed by atoms with E-state index < -0.39 is 5.97 Å². The zero-order chi connectivity index (χ0) is 14.3. The molecular weight excluding hydrogens is 252 g/mol. The molecule has 0 aliphatic carbocycles. The van der Waals surface area contributed by atoms with Crippen LogP contribution in [0.25, 0.3) is 21.9 Å². The van der Waals surface area contributed by atoms with Gasteiger partial charge in [-0.15, -0.1) is 0 Å². The van der Waals surface area contributed by atoms with Gasteiger partial charge in [0.15, 0.2) is 0 Å². The van der Waals surface area contributed by atoms with Crippen LogP contribution in [0, 0.1) is 6.92 Å². The molecular formula is C16H14N2O2. The highest BCUT2D eigenvalue weighted by molar-refractivity contribution is 5.99. The van der Waals surface area contributed by atoms with Crippen LogP contribution >= 0.6 is 0 Å². The van der Waals surface area contributed by atoms with Crippen molar-refractivity contribution in [3.8, 4) is 11.1 Å². The van der Waals surface area contributed by atoms with Gasteiger partial charge in [-0.25, -0.2) is 4.79 Å². The maximum absolute atomic E-state index is 11.5. The van der Waals surface area contributed by atoms with Crippen molar-refractivity contribution in [3.05, 3.63) is 54.1 Å². The van der Waals surface area contributed by atoms with Gasteiger partial charge in [0.25, 0.3) is 0 Å². The summed E-state index contributed by atoms with van der Waals surface area (Å²) in [4.78, 5) is 15.6. The summed E-state index contributed by atoms with van der Waals surface area (Å²) >= 11 is 0. The highest BCUT2D eigenvalue weighted by Gasteiger charge is 2.18. The monoisotopic (exact) mass is 266 g/mol. The summed E-state index contributed by atoms with van der Waals surface area (Å²) in [5.41, 5.74) is 2.77. The number of aromatic carboxylic acids is 1. The molecule has 0 aliphatic rings. The Morgan fingerprint density at radius 3 is 2.80 bits per heavy atom. The third-order valence-corrected chi connectivity index (χ3v) is 3.65. The van der Waals surface area contributed by atoms with Crippen LogP contribution in [0.1, 0.15) is 16.1 Å². The van der Waals surface area contributed by atoms with Crippen LogP contribution in [0.2, 0.25) is 0 Å². The topological polar surface area (TPSA) is 55.1 Å². The van der Waals surface area contributed by atoms with Crippen LogP contribution < -0.4 is 0 Å². The van der Waals surface area contributed by atoms with E-state index in [2.05, 4.69) is 4.98 Å². The van der Waals surface area contributed by atoms with Gasteiger partial charge in [-0.3, -0.25) is 4.98 Å². The normalized spacial score (nSPS) is 10.9. The van der Waals surface area contributed by atoms with E-state index in [1.165, 1.54) is 0 Å². The molecule has 2 aromatic heterocycles. The van der Waals surface area contributed by atoms with E-state index in [0.717, 1.165) is 27.6 Å². The van der Waals surface area contributed by atoms with E-state index in [1.807, 2.05) is 49.0 Å². The molecule has 0 aliphatic heterocycles. The maximum atomic E-state index is 11.5. The standard InChI is InChI=1S/C16H14N2O2/c1-10-15(16(19)20)14(9-18(10)2)12-3-4-13-8-17-6-5-11(13)7-12/h3-9H,1-2H3,(H,19,20). The molecule has 0 radical (unpaired) electrons. The van der Waals surface area contributed by atoms with Gasteiger partial charge in [-0.2, -0.15) is 0 Å². The van der Waals surface area contributed by atoms with Crippen LogP contribution in [-0.4, -0.2) is 20.6 Å². The molecule has 100 valence electrons. The van der Waals surface area contributed by atoms with E-state index in [0.29, 0.717) is 5.56 Å². The minimum Gasteiger partial charge on any atom is -0.478 e. The molecule has 3 rings (SSSR count). The maximum Gasteiger partial charge on any atom is 0.338 e. The van der Waals surface area contributed by atoms with Crippen LogP contribution in [-0.2, 0) is 7.05 Å². The van der Waals surface area contributed by atoms with Crippen molar-refractivity contribution in [1.29, 1.82) is 0 Å². The second kappa shape index (κ2) is 4.49. The number of aromatic nitrogens is 2. The fraction of sp³-hybridized carbons (Fsp3) is 0.125. The van der Waals surface area contributed by atoms with E-state index >= 15 is 0 Å². The van der Waals surface area contributed by atoms with E-state index in [1.54, 1.807) is 12.4 Å². The molecule has 0 bridgehead atoms. The number of pyridine rings is 1. The summed E-state index contributed by atoms with van der Waals surface area (Å²) in [6.07, 6.45) is 5.40. The van der Waals surface area contributed by atoms with Crippen LogP contribution in [0.3, 0.4) is 0 Å². The summed E-state index contributed by atoms with van der Waals surface area (Å²) in [5.74, 6) is -0.895. The van der Waals surface area contributed by atoms with Crippen molar-refractivity contribution in [3.63, 3.8) is 0 Å². The molecule has 0 atom stereocenters. The Hall–Kier alpha value is -2.62. The summed E-state index contributed by atoms with van der Waals surface area (Å²) < 4.78 is 1.84. The molecule has 20 heavy (non-hydrogen) atoms. The zero-order valence-electron chi connectivity index (χ0n) is 11.3. The third kappa shape index (κ3) is 1.86. The second-order valence-corrected chi connectivity index (χ2v) is 4.86. The van der Waals surface area contributed by atoms with Gasteiger partial charge in [0.1, 0.15) is 0 Å². The first-order valence-corrected chi connectivity index (χ1v) is 6.31. The number of aryl methyl sites for hydroxylation is 1. The smallest absolute Gasteiger partial charge is 0.338 e. The van der Waals surface area contributed by atoms with Crippen LogP contribution in [0.15, 0.2) is 42.9 Å². The fourth-order valence-electron chi connectivity index (χ4n) is 2.47. The van der Waals surface area contributed by atoms with Gasteiger partial charge >= 0.3 is 5.97 Å². The van der Waals surface area contributed by atoms with E-state index in [4.69, 9.17) is 0 Å². The Labute approximate surface area is 116 Å². The molecule has 0 saturated carbocycles. The lowest BCUT2D eigenvalue weighted by Gasteiger charge is -2.03. The first-order chi connectivity index (χ1) is 9.58. The average molecular weight is 266 g/mol. The molecule has 0 saturated heterocycles. The quantitative estimate of drug-likeness (QED) is 0.774. The third-order valence-electron chi connectivity index (χ3n) is 3.65. The lowest BCUT2D eigenvalue weighted by molar-refractivity contribution is 0.0697. The Bertz CT molecular complexity index is 818. The SMILES string of the molecule is Cc1c(C(=O)O)c(-c2ccc3cnccc3c2)cn1C. The lowest BCUT2D eigenvalue weighted by Crippen LogP contribution is -2.00. The average Bonchev–Trinajstić information content (AvgIpc) is 2.74. The van der Waals surface area contributed by atoms with Crippen molar-refractivity contribution >= 4 is 16.7 Å². The Balaban J connectivity index is 2.25. The molecule has 1 aromatic carbocycles. The van der Waals surface area contributed by atoms with Gasteiger partial charge in [-0.1, -0.05) is 12.1 Å². The predicted octanol–water partition coefficient (Wildman–Crippen LogP) is 3.25. The number of rotatable bonds is 2. The van der Waals surface area contributed by atoms with Crippen LogP contribution in [0.5, 0.6) is 0 Å². The molecule has 4 nitrogen and oxygen atoms in total. The number of carboxylic acids is 1. The van der Waals surface area contributed by atoms with Crippen molar-refractivity contribution in [1.82, 2.24) is 9.55 Å². The van der Waals surface area contributed by atoms with Gasteiger partial charge < -0.3 is 9.67 Å².